The van der Waals surface area contributed by atoms with Crippen LogP contribution >= 0.6 is 23.4 Å². The van der Waals surface area contributed by atoms with Crippen molar-refractivity contribution in [2.75, 3.05) is 13.4 Å². The molecule has 0 radical (unpaired) electrons. The standard InChI is InChI=1S/C12H16ClNOS/c1-6-7(2)11(15-4)9(12(14)16-5)8(3)10(6)13/h14H,1-5H3. The monoisotopic (exact) mass is 257 g/mol. The SMILES string of the molecule is COc1c(C)c(C)c(Cl)c(C)c1C(=N)SC. The number of hydrogen-bond acceptors (Lipinski definition) is 3. The predicted octanol–water partition coefficient (Wildman–Crippen LogP) is 3.96. The Morgan fingerprint density at radius 3 is 2.19 bits per heavy atom. The van der Waals surface area contributed by atoms with Crippen molar-refractivity contribution in [3.63, 3.8) is 0 Å². The molecule has 0 amide bonds. The zero-order valence-electron chi connectivity index (χ0n) is 10.2. The van der Waals surface area contributed by atoms with Gasteiger partial charge in [0.1, 0.15) is 5.75 Å². The highest BCUT2D eigenvalue weighted by Crippen LogP contribution is 2.37. The first kappa shape index (κ1) is 13.4. The van der Waals surface area contributed by atoms with Crippen LogP contribution in [0, 0.1) is 26.2 Å². The number of halogens is 1. The number of nitrogens with one attached hydrogen (secondary N) is 1. The maximum Gasteiger partial charge on any atom is 0.132 e. The minimum absolute atomic E-state index is 0.486. The molecule has 0 atom stereocenters. The zero-order valence-corrected chi connectivity index (χ0v) is 11.8. The van der Waals surface area contributed by atoms with E-state index in [0.29, 0.717) is 5.04 Å². The Morgan fingerprint density at radius 2 is 1.75 bits per heavy atom. The summed E-state index contributed by atoms with van der Waals surface area (Å²) >= 11 is 7.65. The van der Waals surface area contributed by atoms with Crippen LogP contribution in [0.5, 0.6) is 5.75 Å². The summed E-state index contributed by atoms with van der Waals surface area (Å²) in [7, 11) is 1.63. The van der Waals surface area contributed by atoms with E-state index in [1.807, 2.05) is 27.0 Å². The van der Waals surface area contributed by atoms with Crippen molar-refractivity contribution in [1.82, 2.24) is 0 Å². The molecule has 0 unspecified atom stereocenters. The van der Waals surface area contributed by atoms with Gasteiger partial charge < -0.3 is 4.74 Å². The summed E-state index contributed by atoms with van der Waals surface area (Å²) in [6, 6.07) is 0. The first-order valence-corrected chi connectivity index (χ1v) is 6.52. The topological polar surface area (TPSA) is 33.1 Å². The summed E-state index contributed by atoms with van der Waals surface area (Å²) < 4.78 is 5.40. The molecule has 0 spiro atoms. The molecule has 0 aliphatic rings. The molecule has 1 aromatic rings. The van der Waals surface area contributed by atoms with E-state index in [1.165, 1.54) is 11.8 Å². The normalized spacial score (nSPS) is 10.4. The third-order valence-corrected chi connectivity index (χ3v) is 3.98. The van der Waals surface area contributed by atoms with E-state index in [1.54, 1.807) is 7.11 Å². The van der Waals surface area contributed by atoms with Gasteiger partial charge in [-0.05, 0) is 43.7 Å². The molecule has 1 N–H and O–H groups in total. The lowest BCUT2D eigenvalue weighted by atomic mass is 9.99. The lowest BCUT2D eigenvalue weighted by Crippen LogP contribution is -2.05. The second-order valence-electron chi connectivity index (χ2n) is 3.63. The van der Waals surface area contributed by atoms with Crippen LogP contribution in [0.2, 0.25) is 5.02 Å². The molecule has 0 aliphatic carbocycles. The lowest BCUT2D eigenvalue weighted by molar-refractivity contribution is 0.410. The van der Waals surface area contributed by atoms with Crippen LogP contribution < -0.4 is 4.74 Å². The van der Waals surface area contributed by atoms with Gasteiger partial charge in [-0.15, -0.1) is 11.8 Å². The second-order valence-corrected chi connectivity index (χ2v) is 4.82. The molecule has 0 aromatic heterocycles. The fourth-order valence-corrected chi connectivity index (χ4v) is 2.40. The van der Waals surface area contributed by atoms with E-state index in [9.17, 15) is 0 Å². The van der Waals surface area contributed by atoms with Crippen molar-refractivity contribution in [3.05, 3.63) is 27.3 Å². The quantitative estimate of drug-likeness (QED) is 0.643. The lowest BCUT2D eigenvalue weighted by Gasteiger charge is -2.18. The van der Waals surface area contributed by atoms with Crippen LogP contribution in [0.4, 0.5) is 0 Å². The summed E-state index contributed by atoms with van der Waals surface area (Å²) in [4.78, 5) is 0. The fraction of sp³-hybridized carbons (Fsp3) is 0.417. The maximum absolute atomic E-state index is 7.95. The van der Waals surface area contributed by atoms with Gasteiger partial charge >= 0.3 is 0 Å². The molecular formula is C12H16ClNOS. The molecule has 1 aromatic carbocycles. The summed E-state index contributed by atoms with van der Waals surface area (Å²) in [6.45, 7) is 5.87. The number of ether oxygens (including phenoxy) is 1. The third kappa shape index (κ3) is 2.06. The summed E-state index contributed by atoms with van der Waals surface area (Å²) in [5.41, 5.74) is 3.75. The number of hydrogen-bond donors (Lipinski definition) is 1. The molecule has 16 heavy (non-hydrogen) atoms. The largest absolute Gasteiger partial charge is 0.496 e. The Labute approximate surface area is 106 Å². The van der Waals surface area contributed by atoms with Crippen LogP contribution in [-0.4, -0.2) is 18.4 Å². The second kappa shape index (κ2) is 5.11. The van der Waals surface area contributed by atoms with Crippen molar-refractivity contribution in [3.8, 4) is 5.75 Å². The third-order valence-electron chi connectivity index (χ3n) is 2.80. The number of methoxy groups -OCH3 is 1. The first-order valence-electron chi connectivity index (χ1n) is 4.91. The van der Waals surface area contributed by atoms with Gasteiger partial charge in [0.05, 0.1) is 17.7 Å². The minimum atomic E-state index is 0.486. The van der Waals surface area contributed by atoms with Gasteiger partial charge in [-0.2, -0.15) is 0 Å². The fourth-order valence-electron chi connectivity index (χ4n) is 1.71. The van der Waals surface area contributed by atoms with Crippen LogP contribution in [0.15, 0.2) is 0 Å². The average Bonchev–Trinajstić information content (AvgIpc) is 2.29. The minimum Gasteiger partial charge on any atom is -0.496 e. The van der Waals surface area contributed by atoms with E-state index < -0.39 is 0 Å². The smallest absolute Gasteiger partial charge is 0.132 e. The molecule has 88 valence electrons. The van der Waals surface area contributed by atoms with Gasteiger partial charge in [0.2, 0.25) is 0 Å². The highest BCUT2D eigenvalue weighted by Gasteiger charge is 2.19. The maximum atomic E-state index is 7.95. The molecule has 4 heteroatoms. The van der Waals surface area contributed by atoms with Gasteiger partial charge in [0.25, 0.3) is 0 Å². The number of benzene rings is 1. The van der Waals surface area contributed by atoms with Gasteiger partial charge in [0.15, 0.2) is 0 Å². The summed E-state index contributed by atoms with van der Waals surface area (Å²) in [6.07, 6.45) is 1.88. The van der Waals surface area contributed by atoms with Gasteiger partial charge in [0, 0.05) is 5.02 Å². The molecule has 0 aliphatic heterocycles. The van der Waals surface area contributed by atoms with E-state index >= 15 is 0 Å². The Kier molecular flexibility index (Phi) is 4.28. The number of thioether (sulfide) groups is 1. The average molecular weight is 258 g/mol. The van der Waals surface area contributed by atoms with Crippen molar-refractivity contribution in [2.24, 2.45) is 0 Å². The van der Waals surface area contributed by atoms with Crippen molar-refractivity contribution in [2.45, 2.75) is 20.8 Å². The Morgan fingerprint density at radius 1 is 1.19 bits per heavy atom. The molecule has 0 heterocycles. The highest BCUT2D eigenvalue weighted by molar-refractivity contribution is 8.13. The van der Waals surface area contributed by atoms with Crippen molar-refractivity contribution < 1.29 is 4.74 Å². The molecule has 0 saturated carbocycles. The highest BCUT2D eigenvalue weighted by atomic mass is 35.5. The molecule has 2 nitrogen and oxygen atoms in total. The predicted molar refractivity (Wildman–Crippen MR) is 72.6 cm³/mol. The number of rotatable bonds is 2. The van der Waals surface area contributed by atoms with Crippen LogP contribution in [0.25, 0.3) is 0 Å². The van der Waals surface area contributed by atoms with Crippen LogP contribution in [0.1, 0.15) is 22.3 Å². The van der Waals surface area contributed by atoms with Crippen molar-refractivity contribution in [1.29, 1.82) is 5.41 Å². The van der Waals surface area contributed by atoms with Crippen LogP contribution in [-0.2, 0) is 0 Å². The van der Waals surface area contributed by atoms with E-state index in [0.717, 1.165) is 33.0 Å². The van der Waals surface area contributed by atoms with Crippen LogP contribution in [0.3, 0.4) is 0 Å². The summed E-state index contributed by atoms with van der Waals surface area (Å²) in [5, 5.41) is 9.17. The van der Waals surface area contributed by atoms with Gasteiger partial charge in [-0.25, -0.2) is 0 Å². The van der Waals surface area contributed by atoms with Gasteiger partial charge in [-0.3, -0.25) is 5.41 Å². The Bertz CT molecular complexity index is 443. The molecule has 1 rings (SSSR count). The molecular weight excluding hydrogens is 242 g/mol. The van der Waals surface area contributed by atoms with E-state index in [-0.39, 0.29) is 0 Å². The van der Waals surface area contributed by atoms with Gasteiger partial charge in [-0.1, -0.05) is 11.6 Å². The van der Waals surface area contributed by atoms with E-state index in [2.05, 4.69) is 0 Å². The zero-order chi connectivity index (χ0) is 12.5. The van der Waals surface area contributed by atoms with E-state index in [4.69, 9.17) is 21.7 Å². The Balaban J connectivity index is 3.64. The molecule has 0 saturated heterocycles. The van der Waals surface area contributed by atoms with Crippen molar-refractivity contribution >= 4 is 28.4 Å². The molecule has 0 bridgehead atoms. The molecule has 0 fully saturated rings. The Hall–Kier alpha value is -0.670. The summed E-state index contributed by atoms with van der Waals surface area (Å²) in [5.74, 6) is 0.763. The first-order chi connectivity index (χ1) is 7.45.